The lowest BCUT2D eigenvalue weighted by Crippen LogP contribution is -2.35. The first-order valence-electron chi connectivity index (χ1n) is 8.00. The molecule has 0 heterocycles. The third-order valence-corrected chi connectivity index (χ3v) is 3.46. The Morgan fingerprint density at radius 2 is 1.70 bits per heavy atom. The van der Waals surface area contributed by atoms with Crippen LogP contribution in [0.3, 0.4) is 0 Å². The topological polar surface area (TPSA) is 71.3 Å². The van der Waals surface area contributed by atoms with E-state index < -0.39 is 18.9 Å². The fourth-order valence-electron chi connectivity index (χ4n) is 2.07. The Kier molecular flexibility index (Phi) is 6.66. The summed E-state index contributed by atoms with van der Waals surface area (Å²) in [5.41, 5.74) is 1.19. The number of nitrogens with one attached hydrogen (secondary N) is 1. The molecule has 0 radical (unpaired) electrons. The van der Waals surface area contributed by atoms with Crippen molar-refractivity contribution in [1.29, 1.82) is 5.26 Å². The number of hydrogen-bond donors (Lipinski definition) is 1. The number of alkyl halides is 3. The van der Waals surface area contributed by atoms with E-state index in [1.807, 2.05) is 6.07 Å². The molecule has 1 N–H and O–H groups in total. The van der Waals surface area contributed by atoms with Gasteiger partial charge >= 0.3 is 6.18 Å². The molecule has 0 fully saturated rings. The number of carbonyl (C=O) groups excluding carboxylic acids is 1. The Balaban J connectivity index is 1.80. The normalized spacial score (nSPS) is 12.0. The molecule has 0 bridgehead atoms. The maximum atomic E-state index is 12.1. The summed E-state index contributed by atoms with van der Waals surface area (Å²) in [4.78, 5) is 12.1. The number of halogens is 3. The first-order chi connectivity index (χ1) is 12.8. The average Bonchev–Trinajstić information content (AvgIpc) is 2.65. The fraction of sp³-hybridized carbons (Fsp3) is 0.263. The van der Waals surface area contributed by atoms with Crippen molar-refractivity contribution < 1.29 is 27.4 Å². The van der Waals surface area contributed by atoms with Crippen molar-refractivity contribution in [3.05, 3.63) is 59.7 Å². The number of carbonyl (C=O) groups is 1. The highest BCUT2D eigenvalue weighted by molar-refractivity contribution is 5.80. The standard InChI is InChI=1S/C19H17F3N2O3/c1-13(27-17-8-2-14(10-23)3-9-17)18(25)24-11-15-4-6-16(7-5-15)26-12-19(20,21)22/h2-9,13H,11-12H2,1H3,(H,24,25). The van der Waals surface area contributed by atoms with E-state index in [9.17, 15) is 18.0 Å². The molecule has 0 aliphatic heterocycles. The van der Waals surface area contributed by atoms with Gasteiger partial charge < -0.3 is 14.8 Å². The number of hydrogen-bond acceptors (Lipinski definition) is 4. The van der Waals surface area contributed by atoms with Gasteiger partial charge in [0.05, 0.1) is 11.6 Å². The molecule has 0 spiro atoms. The van der Waals surface area contributed by atoms with Crippen LogP contribution in [0, 0.1) is 11.3 Å². The predicted octanol–water partition coefficient (Wildman–Crippen LogP) is 3.58. The molecule has 0 aliphatic carbocycles. The first kappa shape index (κ1) is 20.1. The van der Waals surface area contributed by atoms with Gasteiger partial charge in [0.15, 0.2) is 12.7 Å². The van der Waals surface area contributed by atoms with Crippen molar-refractivity contribution in [2.45, 2.75) is 25.7 Å². The van der Waals surface area contributed by atoms with Crippen molar-refractivity contribution in [3.8, 4) is 17.6 Å². The lowest BCUT2D eigenvalue weighted by Gasteiger charge is -2.15. The second kappa shape index (κ2) is 8.94. The van der Waals surface area contributed by atoms with Crippen molar-refractivity contribution in [3.63, 3.8) is 0 Å². The van der Waals surface area contributed by atoms with E-state index in [0.29, 0.717) is 16.9 Å². The maximum absolute atomic E-state index is 12.1. The van der Waals surface area contributed by atoms with E-state index in [1.165, 1.54) is 12.1 Å². The van der Waals surface area contributed by atoms with Gasteiger partial charge in [-0.2, -0.15) is 18.4 Å². The molecule has 1 amide bonds. The van der Waals surface area contributed by atoms with Crippen LogP contribution in [0.25, 0.3) is 0 Å². The number of benzene rings is 2. The average molecular weight is 378 g/mol. The zero-order valence-electron chi connectivity index (χ0n) is 14.4. The van der Waals surface area contributed by atoms with Crippen LogP contribution >= 0.6 is 0 Å². The quantitative estimate of drug-likeness (QED) is 0.799. The third kappa shape index (κ3) is 6.90. The van der Waals surface area contributed by atoms with E-state index in [4.69, 9.17) is 10.00 Å². The number of rotatable bonds is 7. The van der Waals surface area contributed by atoms with Crippen molar-refractivity contribution in [2.75, 3.05) is 6.61 Å². The van der Waals surface area contributed by atoms with E-state index in [-0.39, 0.29) is 18.2 Å². The smallest absolute Gasteiger partial charge is 0.422 e. The van der Waals surface area contributed by atoms with E-state index in [0.717, 1.165) is 0 Å². The van der Waals surface area contributed by atoms with Crippen LogP contribution in [0.1, 0.15) is 18.1 Å². The van der Waals surface area contributed by atoms with Gasteiger partial charge in [0, 0.05) is 6.54 Å². The molecule has 0 aromatic heterocycles. The predicted molar refractivity (Wildman–Crippen MR) is 91.1 cm³/mol. The Bertz CT molecular complexity index is 797. The molecule has 27 heavy (non-hydrogen) atoms. The highest BCUT2D eigenvalue weighted by Gasteiger charge is 2.28. The zero-order chi connectivity index (χ0) is 19.9. The van der Waals surface area contributed by atoms with Crippen molar-refractivity contribution in [2.24, 2.45) is 0 Å². The molecule has 0 aliphatic rings. The van der Waals surface area contributed by atoms with E-state index >= 15 is 0 Å². The molecule has 0 saturated heterocycles. The van der Waals surface area contributed by atoms with Crippen molar-refractivity contribution in [1.82, 2.24) is 5.32 Å². The van der Waals surface area contributed by atoms with Gasteiger partial charge in [-0.15, -0.1) is 0 Å². The molecule has 2 rings (SSSR count). The highest BCUT2D eigenvalue weighted by atomic mass is 19.4. The second-order valence-corrected chi connectivity index (χ2v) is 5.66. The van der Waals surface area contributed by atoms with Crippen molar-refractivity contribution >= 4 is 5.91 Å². The molecule has 1 atom stereocenters. The van der Waals surface area contributed by atoms with Gasteiger partial charge in [-0.25, -0.2) is 0 Å². The number of amides is 1. The number of nitrogens with zero attached hydrogens (tertiary/aromatic N) is 1. The van der Waals surface area contributed by atoms with Crippen LogP contribution in [0.2, 0.25) is 0 Å². The molecule has 1 unspecified atom stereocenters. The first-order valence-corrected chi connectivity index (χ1v) is 8.00. The van der Waals surface area contributed by atoms with Crippen LogP contribution in [0.4, 0.5) is 13.2 Å². The molecular weight excluding hydrogens is 361 g/mol. The summed E-state index contributed by atoms with van der Waals surface area (Å²) >= 11 is 0. The summed E-state index contributed by atoms with van der Waals surface area (Å²) in [6, 6.07) is 14.3. The van der Waals surface area contributed by atoms with Gasteiger partial charge in [0.2, 0.25) is 0 Å². The van der Waals surface area contributed by atoms with Gasteiger partial charge in [-0.1, -0.05) is 12.1 Å². The SMILES string of the molecule is CC(Oc1ccc(C#N)cc1)C(=O)NCc1ccc(OCC(F)(F)F)cc1. The van der Waals surface area contributed by atoms with Crippen LogP contribution in [-0.4, -0.2) is 24.8 Å². The Hall–Kier alpha value is -3.21. The summed E-state index contributed by atoms with van der Waals surface area (Å²) in [6.45, 7) is 0.425. The van der Waals surface area contributed by atoms with Crippen LogP contribution in [-0.2, 0) is 11.3 Å². The van der Waals surface area contributed by atoms with Gasteiger partial charge in [0.1, 0.15) is 11.5 Å². The van der Waals surface area contributed by atoms with Gasteiger partial charge in [-0.05, 0) is 48.9 Å². The van der Waals surface area contributed by atoms with Crippen LogP contribution in [0.5, 0.6) is 11.5 Å². The Morgan fingerprint density at radius 3 is 2.26 bits per heavy atom. The highest BCUT2D eigenvalue weighted by Crippen LogP contribution is 2.19. The largest absolute Gasteiger partial charge is 0.484 e. The minimum absolute atomic E-state index is 0.0971. The zero-order valence-corrected chi connectivity index (χ0v) is 14.4. The number of nitriles is 1. The summed E-state index contributed by atoms with van der Waals surface area (Å²) < 4.78 is 46.4. The molecule has 2 aromatic carbocycles. The summed E-state index contributed by atoms with van der Waals surface area (Å²) in [6.07, 6.45) is -5.15. The van der Waals surface area contributed by atoms with Crippen LogP contribution < -0.4 is 14.8 Å². The fourth-order valence-corrected chi connectivity index (χ4v) is 2.07. The Morgan fingerprint density at radius 1 is 1.11 bits per heavy atom. The summed E-state index contributed by atoms with van der Waals surface area (Å²) in [5, 5.41) is 11.4. The molecule has 8 heteroatoms. The minimum atomic E-state index is -4.39. The minimum Gasteiger partial charge on any atom is -0.484 e. The lowest BCUT2D eigenvalue weighted by molar-refractivity contribution is -0.153. The maximum Gasteiger partial charge on any atom is 0.422 e. The second-order valence-electron chi connectivity index (χ2n) is 5.66. The van der Waals surface area contributed by atoms with E-state index in [1.54, 1.807) is 43.3 Å². The Labute approximate surface area is 154 Å². The summed E-state index contributed by atoms with van der Waals surface area (Å²) in [7, 11) is 0. The number of ether oxygens (including phenoxy) is 2. The molecule has 5 nitrogen and oxygen atoms in total. The van der Waals surface area contributed by atoms with Crippen LogP contribution in [0.15, 0.2) is 48.5 Å². The molecule has 2 aromatic rings. The van der Waals surface area contributed by atoms with Gasteiger partial charge in [0.25, 0.3) is 5.91 Å². The molecule has 142 valence electrons. The van der Waals surface area contributed by atoms with Gasteiger partial charge in [-0.3, -0.25) is 4.79 Å². The lowest BCUT2D eigenvalue weighted by atomic mass is 10.2. The molecule has 0 saturated carbocycles. The third-order valence-electron chi connectivity index (χ3n) is 3.46. The van der Waals surface area contributed by atoms with E-state index in [2.05, 4.69) is 10.1 Å². The molecular formula is C19H17F3N2O3. The summed E-state index contributed by atoms with van der Waals surface area (Å²) in [5.74, 6) is 0.208. The monoisotopic (exact) mass is 378 g/mol.